The molecule has 22 heavy (non-hydrogen) atoms. The smallest absolute Gasteiger partial charge is 0.262 e. The molecule has 5 nitrogen and oxygen atoms in total. The average Bonchev–Trinajstić information content (AvgIpc) is 2.50. The fraction of sp³-hybridized carbons (Fsp3) is 0.0667. The number of amides is 2. The summed E-state index contributed by atoms with van der Waals surface area (Å²) in [5.41, 5.74) is 1.14. The summed E-state index contributed by atoms with van der Waals surface area (Å²) in [5, 5.41) is 5.99. The molecule has 0 unspecified atom stereocenters. The molecule has 0 spiro atoms. The molecule has 7 heteroatoms. The van der Waals surface area contributed by atoms with E-state index in [1.807, 2.05) is 0 Å². The van der Waals surface area contributed by atoms with Crippen molar-refractivity contribution < 1.29 is 14.3 Å². The number of halogens is 2. The lowest BCUT2D eigenvalue weighted by Gasteiger charge is -2.18. The molecule has 2 amide bonds. The number of fused-ring (bicyclic) bond motifs is 1. The molecule has 0 radical (unpaired) electrons. The molecule has 0 aliphatic carbocycles. The van der Waals surface area contributed by atoms with Crippen LogP contribution in [0.4, 0.5) is 11.4 Å². The second kappa shape index (κ2) is 5.87. The topological polar surface area (TPSA) is 67.4 Å². The first-order chi connectivity index (χ1) is 10.5. The molecule has 2 N–H and O–H groups in total. The van der Waals surface area contributed by atoms with Gasteiger partial charge in [-0.15, -0.1) is 0 Å². The third-order valence-electron chi connectivity index (χ3n) is 3.08. The molecule has 0 saturated heterocycles. The van der Waals surface area contributed by atoms with Crippen molar-refractivity contribution >= 4 is 46.4 Å². The molecule has 0 fully saturated rings. The van der Waals surface area contributed by atoms with Crippen molar-refractivity contribution in [3.05, 3.63) is 52.0 Å². The van der Waals surface area contributed by atoms with E-state index >= 15 is 0 Å². The minimum absolute atomic E-state index is 0.0340. The Morgan fingerprint density at radius 1 is 1.18 bits per heavy atom. The number of carbonyl (C=O) groups is 2. The van der Waals surface area contributed by atoms with E-state index in [1.165, 1.54) is 6.07 Å². The van der Waals surface area contributed by atoms with Gasteiger partial charge in [-0.3, -0.25) is 9.59 Å². The van der Waals surface area contributed by atoms with Gasteiger partial charge in [0.05, 0.1) is 21.4 Å². The highest BCUT2D eigenvalue weighted by atomic mass is 35.5. The SMILES string of the molecule is O=C1COc2ccc(C(=O)Nc3c(Cl)cccc3Cl)cc2N1. The maximum Gasteiger partial charge on any atom is 0.262 e. The molecule has 1 heterocycles. The molecule has 0 saturated carbocycles. The first-order valence-electron chi connectivity index (χ1n) is 6.36. The molecule has 3 rings (SSSR count). The Morgan fingerprint density at radius 3 is 2.64 bits per heavy atom. The Hall–Kier alpha value is -2.24. The minimum atomic E-state index is -0.391. The Kier molecular flexibility index (Phi) is 3.92. The lowest BCUT2D eigenvalue weighted by atomic mass is 10.1. The van der Waals surface area contributed by atoms with Crippen LogP contribution < -0.4 is 15.4 Å². The van der Waals surface area contributed by atoms with Gasteiger partial charge in [-0.25, -0.2) is 0 Å². The van der Waals surface area contributed by atoms with E-state index in [2.05, 4.69) is 10.6 Å². The summed E-state index contributed by atoms with van der Waals surface area (Å²) in [6.07, 6.45) is 0. The first-order valence-corrected chi connectivity index (χ1v) is 7.12. The second-order valence-electron chi connectivity index (χ2n) is 4.60. The van der Waals surface area contributed by atoms with Crippen molar-refractivity contribution in [1.29, 1.82) is 0 Å². The van der Waals surface area contributed by atoms with Crippen LogP contribution in [0, 0.1) is 0 Å². The summed E-state index contributed by atoms with van der Waals surface area (Å²) in [6.45, 7) is -0.0340. The second-order valence-corrected chi connectivity index (χ2v) is 5.41. The van der Waals surface area contributed by atoms with E-state index in [4.69, 9.17) is 27.9 Å². The molecular weight excluding hydrogens is 327 g/mol. The van der Waals surface area contributed by atoms with Crippen LogP contribution in [-0.4, -0.2) is 18.4 Å². The summed E-state index contributed by atoms with van der Waals surface area (Å²) >= 11 is 12.0. The predicted octanol–water partition coefficient (Wildman–Crippen LogP) is 3.58. The van der Waals surface area contributed by atoms with E-state index < -0.39 is 5.91 Å². The highest BCUT2D eigenvalue weighted by Crippen LogP contribution is 2.32. The van der Waals surface area contributed by atoms with Crippen molar-refractivity contribution in [2.24, 2.45) is 0 Å². The normalized spacial score (nSPS) is 12.9. The van der Waals surface area contributed by atoms with Gasteiger partial charge >= 0.3 is 0 Å². The van der Waals surface area contributed by atoms with Crippen molar-refractivity contribution in [2.45, 2.75) is 0 Å². The van der Waals surface area contributed by atoms with Crippen molar-refractivity contribution in [3.63, 3.8) is 0 Å². The van der Waals surface area contributed by atoms with E-state index in [1.54, 1.807) is 30.3 Å². The lowest BCUT2D eigenvalue weighted by molar-refractivity contribution is -0.118. The molecule has 0 atom stereocenters. The summed E-state index contributed by atoms with van der Waals surface area (Å²) in [6, 6.07) is 9.70. The van der Waals surface area contributed by atoms with Gasteiger partial charge in [-0.2, -0.15) is 0 Å². The fourth-order valence-corrected chi connectivity index (χ4v) is 2.52. The summed E-state index contributed by atoms with van der Waals surface area (Å²) in [7, 11) is 0. The van der Waals surface area contributed by atoms with Gasteiger partial charge in [0.2, 0.25) is 0 Å². The zero-order valence-electron chi connectivity index (χ0n) is 11.2. The number of benzene rings is 2. The highest BCUT2D eigenvalue weighted by molar-refractivity contribution is 6.40. The van der Waals surface area contributed by atoms with Gasteiger partial charge in [0, 0.05) is 5.56 Å². The van der Waals surface area contributed by atoms with Crippen LogP contribution in [0.2, 0.25) is 10.0 Å². The minimum Gasteiger partial charge on any atom is -0.482 e. The molecule has 2 aromatic carbocycles. The van der Waals surface area contributed by atoms with E-state index in [-0.39, 0.29) is 12.5 Å². The zero-order valence-corrected chi connectivity index (χ0v) is 12.7. The van der Waals surface area contributed by atoms with Crippen LogP contribution in [0.1, 0.15) is 10.4 Å². The monoisotopic (exact) mass is 336 g/mol. The quantitative estimate of drug-likeness (QED) is 0.880. The van der Waals surface area contributed by atoms with Gasteiger partial charge in [0.15, 0.2) is 6.61 Å². The van der Waals surface area contributed by atoms with Gasteiger partial charge in [-0.1, -0.05) is 29.3 Å². The summed E-state index contributed by atoms with van der Waals surface area (Å²) in [4.78, 5) is 23.6. The van der Waals surface area contributed by atoms with Crippen molar-refractivity contribution in [3.8, 4) is 5.75 Å². The van der Waals surface area contributed by atoms with Crippen LogP contribution in [0.3, 0.4) is 0 Å². The van der Waals surface area contributed by atoms with Gasteiger partial charge < -0.3 is 15.4 Å². The van der Waals surface area contributed by atoms with Crippen LogP contribution in [0.15, 0.2) is 36.4 Å². The van der Waals surface area contributed by atoms with Crippen molar-refractivity contribution in [1.82, 2.24) is 0 Å². The number of rotatable bonds is 2. The maximum atomic E-state index is 12.3. The van der Waals surface area contributed by atoms with Crippen LogP contribution in [0.25, 0.3) is 0 Å². The van der Waals surface area contributed by atoms with Crippen LogP contribution >= 0.6 is 23.2 Å². The Bertz CT molecular complexity index is 757. The number of hydrogen-bond donors (Lipinski definition) is 2. The third-order valence-corrected chi connectivity index (χ3v) is 3.71. The lowest BCUT2D eigenvalue weighted by Crippen LogP contribution is -2.25. The van der Waals surface area contributed by atoms with Gasteiger partial charge in [-0.05, 0) is 30.3 Å². The highest BCUT2D eigenvalue weighted by Gasteiger charge is 2.18. The number of anilines is 2. The van der Waals surface area contributed by atoms with E-state index in [9.17, 15) is 9.59 Å². The molecule has 2 aromatic rings. The molecule has 0 aromatic heterocycles. The van der Waals surface area contributed by atoms with Gasteiger partial charge in [0.25, 0.3) is 11.8 Å². The molecule has 112 valence electrons. The number of carbonyl (C=O) groups excluding carboxylic acids is 2. The number of ether oxygens (including phenoxy) is 1. The molecular formula is C15H10Cl2N2O3. The Morgan fingerprint density at radius 2 is 1.91 bits per heavy atom. The Balaban J connectivity index is 1.87. The largest absolute Gasteiger partial charge is 0.482 e. The number of hydrogen-bond acceptors (Lipinski definition) is 3. The zero-order chi connectivity index (χ0) is 15.7. The van der Waals surface area contributed by atoms with Gasteiger partial charge in [0.1, 0.15) is 5.75 Å². The Labute approximate surface area is 136 Å². The molecule has 0 bridgehead atoms. The predicted molar refractivity (Wildman–Crippen MR) is 85.0 cm³/mol. The molecule has 1 aliphatic rings. The summed E-state index contributed by atoms with van der Waals surface area (Å²) < 4.78 is 5.24. The van der Waals surface area contributed by atoms with Crippen LogP contribution in [0.5, 0.6) is 5.75 Å². The molecule has 1 aliphatic heterocycles. The van der Waals surface area contributed by atoms with Crippen LogP contribution in [-0.2, 0) is 4.79 Å². The fourth-order valence-electron chi connectivity index (χ4n) is 2.03. The third kappa shape index (κ3) is 2.86. The summed E-state index contributed by atoms with van der Waals surface area (Å²) in [5.74, 6) is -0.135. The average molecular weight is 337 g/mol. The number of para-hydroxylation sites is 1. The van der Waals surface area contributed by atoms with E-state index in [0.717, 1.165) is 0 Å². The number of nitrogens with one attached hydrogen (secondary N) is 2. The first kappa shape index (κ1) is 14.7. The standard InChI is InChI=1S/C15H10Cl2N2O3/c16-9-2-1-3-10(17)14(9)19-15(21)8-4-5-12-11(6-8)18-13(20)7-22-12/h1-6H,7H2,(H,18,20)(H,19,21). The maximum absolute atomic E-state index is 12.3. The van der Waals surface area contributed by atoms with E-state index in [0.29, 0.717) is 32.7 Å². The van der Waals surface area contributed by atoms with Crippen molar-refractivity contribution in [2.75, 3.05) is 17.2 Å².